The van der Waals surface area contributed by atoms with Gasteiger partial charge in [0.15, 0.2) is 0 Å². The number of nitrogens with one attached hydrogen (secondary N) is 2. The maximum atomic E-state index is 13.2. The number of alkyl halides is 4. The van der Waals surface area contributed by atoms with Crippen LogP contribution in [0.25, 0.3) is 11.3 Å². The van der Waals surface area contributed by atoms with Gasteiger partial charge in [-0.3, -0.25) is 9.78 Å². The molecule has 0 saturated carbocycles. The van der Waals surface area contributed by atoms with Crippen LogP contribution < -0.4 is 10.6 Å². The van der Waals surface area contributed by atoms with Gasteiger partial charge in [-0.25, -0.2) is 14.4 Å². The lowest BCUT2D eigenvalue weighted by Crippen LogP contribution is -2.40. The minimum atomic E-state index is -4.61. The van der Waals surface area contributed by atoms with Gasteiger partial charge in [0.25, 0.3) is 0 Å². The number of amides is 1. The zero-order valence-electron chi connectivity index (χ0n) is 14.3. The van der Waals surface area contributed by atoms with Gasteiger partial charge in [-0.05, 0) is 24.1 Å². The number of nitrogens with zero attached hydrogens (tertiary/aromatic N) is 3. The summed E-state index contributed by atoms with van der Waals surface area (Å²) in [6.07, 6.45) is -1.84. The molecule has 2 aromatic rings. The highest BCUT2D eigenvalue weighted by Crippen LogP contribution is 2.27. The Hall–Kier alpha value is -2.62. The van der Waals surface area contributed by atoms with Crippen LogP contribution in [0.5, 0.6) is 0 Å². The first-order chi connectivity index (χ1) is 12.7. The second kappa shape index (κ2) is 7.55. The van der Waals surface area contributed by atoms with Gasteiger partial charge in [-0.15, -0.1) is 0 Å². The third-order valence-corrected chi connectivity index (χ3v) is 4.26. The molecular weight excluding hydrogens is 366 g/mol. The van der Waals surface area contributed by atoms with Gasteiger partial charge in [0.1, 0.15) is 6.17 Å². The topological polar surface area (TPSA) is 79.8 Å². The molecule has 2 aromatic heterocycles. The maximum absolute atomic E-state index is 13.2. The molecule has 3 heterocycles. The van der Waals surface area contributed by atoms with E-state index in [9.17, 15) is 22.4 Å². The van der Waals surface area contributed by atoms with Crippen molar-refractivity contribution in [3.63, 3.8) is 0 Å². The number of halogens is 4. The maximum Gasteiger partial charge on any atom is 0.451 e. The molecule has 1 aliphatic rings. The Labute approximate surface area is 152 Å². The van der Waals surface area contributed by atoms with Crippen LogP contribution in [0, 0.1) is 6.92 Å². The summed E-state index contributed by atoms with van der Waals surface area (Å²) in [7, 11) is 0. The highest BCUT2D eigenvalue weighted by molar-refractivity contribution is 5.82. The molecule has 144 valence electrons. The number of carbonyl (C=O) groups excluding carboxylic acids is 1. The summed E-state index contributed by atoms with van der Waals surface area (Å²) in [4.78, 5) is 22.9. The number of aromatic nitrogens is 3. The van der Waals surface area contributed by atoms with Crippen LogP contribution in [0.1, 0.15) is 23.4 Å². The molecule has 0 radical (unpaired) electrons. The van der Waals surface area contributed by atoms with E-state index in [0.29, 0.717) is 11.3 Å². The molecule has 1 aliphatic heterocycles. The summed E-state index contributed by atoms with van der Waals surface area (Å²) in [5.41, 5.74) is 2.26. The van der Waals surface area contributed by atoms with Gasteiger partial charge in [-0.2, -0.15) is 13.2 Å². The van der Waals surface area contributed by atoms with Crippen molar-refractivity contribution < 1.29 is 22.4 Å². The smallest absolute Gasteiger partial charge is 0.351 e. The molecule has 2 N–H and O–H groups in total. The zero-order chi connectivity index (χ0) is 19.6. The molecule has 3 rings (SSSR count). The molecule has 1 saturated heterocycles. The van der Waals surface area contributed by atoms with E-state index >= 15 is 0 Å². The Bertz CT molecular complexity index is 825. The average molecular weight is 383 g/mol. The minimum Gasteiger partial charge on any atom is -0.351 e. The number of hydrogen-bond donors (Lipinski definition) is 2. The van der Waals surface area contributed by atoms with E-state index in [4.69, 9.17) is 0 Å². The Kier molecular flexibility index (Phi) is 5.36. The molecule has 6 nitrogen and oxygen atoms in total. The van der Waals surface area contributed by atoms with Gasteiger partial charge in [0.05, 0.1) is 11.7 Å². The predicted octanol–water partition coefficient (Wildman–Crippen LogP) is 2.18. The van der Waals surface area contributed by atoms with E-state index in [1.807, 2.05) is 0 Å². The summed E-state index contributed by atoms with van der Waals surface area (Å²) in [5, 5.41) is 5.54. The lowest BCUT2D eigenvalue weighted by atomic mass is 10.1. The number of rotatable bonds is 4. The van der Waals surface area contributed by atoms with Crippen LogP contribution in [-0.4, -0.2) is 39.6 Å². The molecule has 27 heavy (non-hydrogen) atoms. The second-order valence-electron chi connectivity index (χ2n) is 6.30. The summed E-state index contributed by atoms with van der Waals surface area (Å²) in [6, 6.07) is 1.09. The third kappa shape index (κ3) is 4.57. The van der Waals surface area contributed by atoms with E-state index in [1.54, 1.807) is 19.2 Å². The molecule has 1 amide bonds. The van der Waals surface area contributed by atoms with Crippen molar-refractivity contribution in [3.8, 4) is 11.3 Å². The molecular formula is C17H17F4N5O. The van der Waals surface area contributed by atoms with Crippen molar-refractivity contribution in [2.75, 3.05) is 6.54 Å². The number of hydrogen-bond acceptors (Lipinski definition) is 5. The van der Waals surface area contributed by atoms with E-state index in [0.717, 1.165) is 23.5 Å². The SMILES string of the molecule is Cc1cnc(-c2cnc(C(F)(F)F)nc2)cc1CNC(=O)C1CC(F)CN1. The largest absolute Gasteiger partial charge is 0.451 e. The summed E-state index contributed by atoms with van der Waals surface area (Å²) < 4.78 is 50.8. The third-order valence-electron chi connectivity index (χ3n) is 4.26. The molecule has 0 aliphatic carbocycles. The second-order valence-corrected chi connectivity index (χ2v) is 6.30. The van der Waals surface area contributed by atoms with Gasteiger partial charge in [-0.1, -0.05) is 0 Å². The standard InChI is InChI=1S/C17H17F4N5O/c1-9-4-22-13(11-6-25-16(26-7-11)17(19,20)21)2-10(9)5-24-15(27)14-3-12(18)8-23-14/h2,4,6-7,12,14,23H,3,5,8H2,1H3,(H,24,27). The number of pyridine rings is 1. The van der Waals surface area contributed by atoms with Crippen LogP contribution in [0.2, 0.25) is 0 Å². The monoisotopic (exact) mass is 383 g/mol. The fourth-order valence-corrected chi connectivity index (χ4v) is 2.72. The van der Waals surface area contributed by atoms with Gasteiger partial charge < -0.3 is 10.6 Å². The Morgan fingerprint density at radius 1 is 1.26 bits per heavy atom. The molecule has 0 aromatic carbocycles. The van der Waals surface area contributed by atoms with Gasteiger partial charge in [0, 0.05) is 43.7 Å². The number of aryl methyl sites for hydroxylation is 1. The molecule has 0 spiro atoms. The van der Waals surface area contributed by atoms with Crippen LogP contribution >= 0.6 is 0 Å². The minimum absolute atomic E-state index is 0.134. The average Bonchev–Trinajstić information content (AvgIpc) is 3.07. The first-order valence-electron chi connectivity index (χ1n) is 8.24. The Morgan fingerprint density at radius 3 is 2.56 bits per heavy atom. The molecule has 10 heteroatoms. The lowest BCUT2D eigenvalue weighted by molar-refractivity contribution is -0.145. The summed E-state index contributed by atoms with van der Waals surface area (Å²) in [5.74, 6) is -1.52. The Balaban J connectivity index is 1.71. The van der Waals surface area contributed by atoms with Crippen molar-refractivity contribution >= 4 is 5.91 Å². The van der Waals surface area contributed by atoms with Crippen LogP contribution in [0.15, 0.2) is 24.7 Å². The van der Waals surface area contributed by atoms with E-state index in [1.165, 1.54) is 0 Å². The van der Waals surface area contributed by atoms with E-state index in [2.05, 4.69) is 25.6 Å². The fraction of sp³-hybridized carbons (Fsp3) is 0.412. The fourth-order valence-electron chi connectivity index (χ4n) is 2.72. The molecule has 1 fully saturated rings. The van der Waals surface area contributed by atoms with E-state index < -0.39 is 24.2 Å². The first-order valence-corrected chi connectivity index (χ1v) is 8.24. The molecule has 0 bridgehead atoms. The van der Waals surface area contributed by atoms with Crippen molar-refractivity contribution in [3.05, 3.63) is 41.6 Å². The first kappa shape index (κ1) is 19.2. The van der Waals surface area contributed by atoms with E-state index in [-0.39, 0.29) is 25.4 Å². The van der Waals surface area contributed by atoms with Gasteiger partial charge in [0.2, 0.25) is 11.7 Å². The van der Waals surface area contributed by atoms with Crippen molar-refractivity contribution in [1.82, 2.24) is 25.6 Å². The zero-order valence-corrected chi connectivity index (χ0v) is 14.3. The lowest BCUT2D eigenvalue weighted by Gasteiger charge is -2.13. The molecule has 2 atom stereocenters. The summed E-state index contributed by atoms with van der Waals surface area (Å²) in [6.45, 7) is 2.15. The normalized spacial score (nSPS) is 19.9. The van der Waals surface area contributed by atoms with Crippen molar-refractivity contribution in [2.24, 2.45) is 0 Å². The Morgan fingerprint density at radius 2 is 1.96 bits per heavy atom. The predicted molar refractivity (Wildman–Crippen MR) is 88.2 cm³/mol. The van der Waals surface area contributed by atoms with Gasteiger partial charge >= 0.3 is 6.18 Å². The highest BCUT2D eigenvalue weighted by atomic mass is 19.4. The van der Waals surface area contributed by atoms with Crippen molar-refractivity contribution in [2.45, 2.75) is 38.3 Å². The quantitative estimate of drug-likeness (QED) is 0.792. The molecule has 2 unspecified atom stereocenters. The summed E-state index contributed by atoms with van der Waals surface area (Å²) >= 11 is 0. The van der Waals surface area contributed by atoms with Crippen LogP contribution in [0.3, 0.4) is 0 Å². The highest BCUT2D eigenvalue weighted by Gasteiger charge is 2.34. The van der Waals surface area contributed by atoms with Crippen LogP contribution in [-0.2, 0) is 17.5 Å². The number of carbonyl (C=O) groups is 1. The van der Waals surface area contributed by atoms with Crippen LogP contribution in [0.4, 0.5) is 17.6 Å². The van der Waals surface area contributed by atoms with Crippen molar-refractivity contribution in [1.29, 1.82) is 0 Å².